The van der Waals surface area contributed by atoms with Gasteiger partial charge in [0.15, 0.2) is 0 Å². The van der Waals surface area contributed by atoms with E-state index in [2.05, 4.69) is 10.1 Å². The van der Waals surface area contributed by atoms with Gasteiger partial charge in [0, 0.05) is 36.7 Å². The molecule has 0 aliphatic carbocycles. The first-order chi connectivity index (χ1) is 14.7. The van der Waals surface area contributed by atoms with Gasteiger partial charge in [0.2, 0.25) is 11.7 Å². The molecule has 1 amide bonds. The zero-order valence-corrected chi connectivity index (χ0v) is 16.4. The molecule has 5 rings (SSSR count). The van der Waals surface area contributed by atoms with Crippen molar-refractivity contribution in [3.05, 3.63) is 84.5 Å². The summed E-state index contributed by atoms with van der Waals surface area (Å²) in [5.41, 5.74) is 2.47. The fourth-order valence-electron chi connectivity index (χ4n) is 3.61. The van der Waals surface area contributed by atoms with Gasteiger partial charge in [0.1, 0.15) is 5.75 Å². The van der Waals surface area contributed by atoms with Crippen molar-refractivity contribution >= 4 is 5.91 Å². The zero-order chi connectivity index (χ0) is 20.5. The average molecular weight is 400 g/mol. The van der Waals surface area contributed by atoms with E-state index in [-0.39, 0.29) is 11.8 Å². The van der Waals surface area contributed by atoms with Gasteiger partial charge in [-0.2, -0.15) is 4.98 Å². The number of rotatable bonds is 5. The van der Waals surface area contributed by atoms with Crippen molar-refractivity contribution in [1.29, 1.82) is 0 Å². The topological polar surface area (TPSA) is 73.4 Å². The third kappa shape index (κ3) is 3.24. The molecule has 0 radical (unpaired) electrons. The third-order valence-corrected chi connectivity index (χ3v) is 5.32. The number of hydrogen-bond donors (Lipinski definition) is 0. The van der Waals surface area contributed by atoms with E-state index < -0.39 is 0 Å². The van der Waals surface area contributed by atoms with Crippen LogP contribution in [0.1, 0.15) is 22.2 Å². The number of para-hydroxylation sites is 1. The van der Waals surface area contributed by atoms with Crippen LogP contribution in [0.15, 0.2) is 77.6 Å². The predicted octanol–water partition coefficient (Wildman–Crippen LogP) is 3.78. The van der Waals surface area contributed by atoms with Crippen LogP contribution in [-0.2, 0) is 0 Å². The van der Waals surface area contributed by atoms with Crippen molar-refractivity contribution in [3.8, 4) is 22.8 Å². The number of methoxy groups -OCH3 is 1. The molecule has 4 aromatic rings. The molecule has 1 aliphatic rings. The van der Waals surface area contributed by atoms with Crippen molar-refractivity contribution in [2.75, 3.05) is 20.2 Å². The Hall–Kier alpha value is -3.87. The lowest BCUT2D eigenvalue weighted by atomic mass is 9.98. The van der Waals surface area contributed by atoms with Crippen molar-refractivity contribution in [3.63, 3.8) is 0 Å². The van der Waals surface area contributed by atoms with Crippen molar-refractivity contribution in [2.24, 2.45) is 0 Å². The molecule has 7 nitrogen and oxygen atoms in total. The lowest BCUT2D eigenvalue weighted by Crippen LogP contribution is -2.48. The normalized spacial score (nSPS) is 13.8. The number of carbonyl (C=O) groups excluding carboxylic acids is 1. The van der Waals surface area contributed by atoms with Gasteiger partial charge in [-0.3, -0.25) is 4.79 Å². The minimum Gasteiger partial charge on any atom is -0.496 e. The SMILES string of the molecule is COc1ccccc1-c1noc(C2CN(C(=O)c3ccc(-n4cccc4)cc3)C2)n1. The van der Waals surface area contributed by atoms with E-state index in [1.165, 1.54) is 0 Å². The molecule has 0 atom stereocenters. The largest absolute Gasteiger partial charge is 0.496 e. The molecular weight excluding hydrogens is 380 g/mol. The molecule has 0 N–H and O–H groups in total. The highest BCUT2D eigenvalue weighted by atomic mass is 16.5. The second kappa shape index (κ2) is 7.51. The molecular formula is C23H20N4O3. The van der Waals surface area contributed by atoms with Crippen molar-refractivity contribution in [2.45, 2.75) is 5.92 Å². The smallest absolute Gasteiger partial charge is 0.253 e. The number of amides is 1. The van der Waals surface area contributed by atoms with Gasteiger partial charge in [0.05, 0.1) is 18.6 Å². The Kier molecular flexibility index (Phi) is 4.55. The van der Waals surface area contributed by atoms with Crippen LogP contribution in [0.2, 0.25) is 0 Å². The quantitative estimate of drug-likeness (QED) is 0.510. The molecule has 7 heteroatoms. The monoisotopic (exact) mass is 400 g/mol. The van der Waals surface area contributed by atoms with Crippen LogP contribution in [0.5, 0.6) is 5.75 Å². The number of hydrogen-bond acceptors (Lipinski definition) is 5. The van der Waals surface area contributed by atoms with Crippen LogP contribution in [-0.4, -0.2) is 45.7 Å². The Morgan fingerprint density at radius 2 is 1.77 bits per heavy atom. The molecule has 1 aliphatic heterocycles. The summed E-state index contributed by atoms with van der Waals surface area (Å²) in [6.07, 6.45) is 3.95. The summed E-state index contributed by atoms with van der Waals surface area (Å²) >= 11 is 0. The molecule has 0 unspecified atom stereocenters. The lowest BCUT2D eigenvalue weighted by Gasteiger charge is -2.37. The zero-order valence-electron chi connectivity index (χ0n) is 16.4. The average Bonchev–Trinajstić information content (AvgIpc) is 3.45. The van der Waals surface area contributed by atoms with Gasteiger partial charge in [0.25, 0.3) is 5.91 Å². The van der Waals surface area contributed by atoms with E-state index in [0.717, 1.165) is 11.3 Å². The van der Waals surface area contributed by atoms with Gasteiger partial charge >= 0.3 is 0 Å². The van der Waals surface area contributed by atoms with E-state index in [1.807, 2.05) is 77.6 Å². The Labute approximate surface area is 173 Å². The van der Waals surface area contributed by atoms with Crippen LogP contribution < -0.4 is 4.74 Å². The van der Waals surface area contributed by atoms with E-state index >= 15 is 0 Å². The fraction of sp³-hybridized carbons (Fsp3) is 0.174. The van der Waals surface area contributed by atoms with E-state index in [1.54, 1.807) is 12.0 Å². The molecule has 0 saturated carbocycles. The summed E-state index contributed by atoms with van der Waals surface area (Å²) < 4.78 is 12.8. The highest BCUT2D eigenvalue weighted by Crippen LogP contribution is 2.31. The first kappa shape index (κ1) is 18.2. The molecule has 1 saturated heterocycles. The molecule has 3 heterocycles. The van der Waals surface area contributed by atoms with Crippen LogP contribution in [0.3, 0.4) is 0 Å². The Morgan fingerprint density at radius 3 is 2.50 bits per heavy atom. The maximum atomic E-state index is 12.7. The highest BCUT2D eigenvalue weighted by Gasteiger charge is 2.36. The fourth-order valence-corrected chi connectivity index (χ4v) is 3.61. The van der Waals surface area contributed by atoms with Gasteiger partial charge in [-0.25, -0.2) is 0 Å². The van der Waals surface area contributed by atoms with Crippen molar-refractivity contribution < 1.29 is 14.1 Å². The van der Waals surface area contributed by atoms with Gasteiger partial charge < -0.3 is 18.7 Å². The van der Waals surface area contributed by atoms with Crippen LogP contribution in [0, 0.1) is 0 Å². The standard InChI is InChI=1S/C23H20N4O3/c1-29-20-7-3-2-6-19(20)21-24-22(30-25-21)17-14-27(15-17)23(28)16-8-10-18(11-9-16)26-12-4-5-13-26/h2-13,17H,14-15H2,1H3. The molecule has 30 heavy (non-hydrogen) atoms. The van der Waals surface area contributed by atoms with Crippen LogP contribution in [0.25, 0.3) is 17.1 Å². The number of nitrogens with zero attached hydrogens (tertiary/aromatic N) is 4. The number of carbonyl (C=O) groups is 1. The Balaban J connectivity index is 1.24. The first-order valence-corrected chi connectivity index (χ1v) is 9.72. The molecule has 150 valence electrons. The lowest BCUT2D eigenvalue weighted by molar-refractivity contribution is 0.0569. The molecule has 2 aromatic heterocycles. The number of benzene rings is 2. The second-order valence-corrected chi connectivity index (χ2v) is 7.20. The molecule has 0 spiro atoms. The molecule has 2 aromatic carbocycles. The third-order valence-electron chi connectivity index (χ3n) is 5.32. The summed E-state index contributed by atoms with van der Waals surface area (Å²) in [6, 6.07) is 19.1. The first-order valence-electron chi connectivity index (χ1n) is 9.72. The van der Waals surface area contributed by atoms with Crippen LogP contribution >= 0.6 is 0 Å². The second-order valence-electron chi connectivity index (χ2n) is 7.20. The van der Waals surface area contributed by atoms with Crippen LogP contribution in [0.4, 0.5) is 0 Å². The summed E-state index contributed by atoms with van der Waals surface area (Å²) in [7, 11) is 1.61. The summed E-state index contributed by atoms with van der Waals surface area (Å²) in [5, 5.41) is 4.09. The van der Waals surface area contributed by atoms with Gasteiger partial charge in [-0.15, -0.1) is 0 Å². The summed E-state index contributed by atoms with van der Waals surface area (Å²) in [5.74, 6) is 1.79. The van der Waals surface area contributed by atoms with Crippen molar-refractivity contribution in [1.82, 2.24) is 19.6 Å². The highest BCUT2D eigenvalue weighted by molar-refractivity contribution is 5.95. The number of aromatic nitrogens is 3. The Morgan fingerprint density at radius 1 is 1.03 bits per heavy atom. The number of likely N-dealkylation sites (tertiary alicyclic amines) is 1. The summed E-state index contributed by atoms with van der Waals surface area (Å²) in [4.78, 5) is 19.1. The van der Waals surface area contributed by atoms with E-state index in [0.29, 0.717) is 36.1 Å². The maximum Gasteiger partial charge on any atom is 0.253 e. The summed E-state index contributed by atoms with van der Waals surface area (Å²) in [6.45, 7) is 1.12. The Bertz CT molecular complexity index is 1160. The maximum absolute atomic E-state index is 12.7. The predicted molar refractivity (Wildman–Crippen MR) is 111 cm³/mol. The van der Waals surface area contributed by atoms with Gasteiger partial charge in [-0.05, 0) is 48.5 Å². The molecule has 0 bridgehead atoms. The number of ether oxygens (including phenoxy) is 1. The van der Waals surface area contributed by atoms with Gasteiger partial charge in [-0.1, -0.05) is 17.3 Å². The molecule has 1 fully saturated rings. The minimum absolute atomic E-state index is 0.00905. The van der Waals surface area contributed by atoms with E-state index in [9.17, 15) is 4.79 Å². The van der Waals surface area contributed by atoms with E-state index in [4.69, 9.17) is 9.26 Å². The minimum atomic E-state index is 0.00905.